The number of anilines is 3. The molecule has 0 fully saturated rings. The fourth-order valence-corrected chi connectivity index (χ4v) is 13.4. The molecule has 14 rings (SSSR count). The van der Waals surface area contributed by atoms with E-state index in [1.807, 2.05) is 11.8 Å². The van der Waals surface area contributed by atoms with Crippen LogP contribution in [0.4, 0.5) is 17.1 Å². The first-order valence-electron chi connectivity index (χ1n) is 22.7. The van der Waals surface area contributed by atoms with Gasteiger partial charge in [-0.2, -0.15) is 0 Å². The van der Waals surface area contributed by atoms with E-state index in [1.54, 1.807) is 0 Å². The lowest BCUT2D eigenvalue weighted by atomic mass is 9.59. The molecule has 2 heterocycles. The van der Waals surface area contributed by atoms with Gasteiger partial charge in [0, 0.05) is 48.3 Å². The molecule has 65 heavy (non-hydrogen) atoms. The van der Waals surface area contributed by atoms with Crippen molar-refractivity contribution < 1.29 is 0 Å². The van der Waals surface area contributed by atoms with Gasteiger partial charge in [0.05, 0.1) is 27.8 Å². The SMILES string of the molecule is CC1(C)c2ccccc2-c2c(N(c3ccc4c5ccccc5n(-c5ccccc5)c4c3)c3ccc4c5c(cccc35)C3(c5ccccc5Sc5ccccc53)c3ccccc3-4)cccc21. The molecule has 11 aromatic rings. The molecule has 1 aromatic heterocycles. The summed E-state index contributed by atoms with van der Waals surface area (Å²) in [6.07, 6.45) is 0. The van der Waals surface area contributed by atoms with Crippen molar-refractivity contribution in [3.05, 3.63) is 252 Å². The molecular weight excluding hydrogens is 805 g/mol. The van der Waals surface area contributed by atoms with Crippen molar-refractivity contribution in [2.75, 3.05) is 4.90 Å². The summed E-state index contributed by atoms with van der Waals surface area (Å²) in [6.45, 7) is 4.77. The topological polar surface area (TPSA) is 8.17 Å². The van der Waals surface area contributed by atoms with Crippen LogP contribution in [-0.4, -0.2) is 4.57 Å². The second-order valence-electron chi connectivity index (χ2n) is 18.3. The average Bonchev–Trinajstić information content (AvgIpc) is 3.81. The maximum atomic E-state index is 2.58. The van der Waals surface area contributed by atoms with E-state index in [4.69, 9.17) is 0 Å². The van der Waals surface area contributed by atoms with Gasteiger partial charge in [-0.25, -0.2) is 0 Å². The van der Waals surface area contributed by atoms with Crippen molar-refractivity contribution in [1.82, 2.24) is 4.57 Å². The highest BCUT2D eigenvalue weighted by Crippen LogP contribution is 2.62. The molecule has 0 atom stereocenters. The summed E-state index contributed by atoms with van der Waals surface area (Å²) in [5.41, 5.74) is 19.5. The summed E-state index contributed by atoms with van der Waals surface area (Å²) in [7, 11) is 0. The highest BCUT2D eigenvalue weighted by molar-refractivity contribution is 7.99. The summed E-state index contributed by atoms with van der Waals surface area (Å²) in [5.74, 6) is 0. The zero-order valence-corrected chi connectivity index (χ0v) is 36.9. The highest BCUT2D eigenvalue weighted by Gasteiger charge is 2.49. The number of benzene rings is 10. The Kier molecular flexibility index (Phi) is 7.63. The van der Waals surface area contributed by atoms with Gasteiger partial charge in [0.2, 0.25) is 0 Å². The lowest BCUT2D eigenvalue weighted by Crippen LogP contribution is -2.36. The number of rotatable bonds is 4. The van der Waals surface area contributed by atoms with Gasteiger partial charge in [-0.1, -0.05) is 189 Å². The van der Waals surface area contributed by atoms with Crippen molar-refractivity contribution in [3.63, 3.8) is 0 Å². The molecule has 3 heteroatoms. The molecule has 0 unspecified atom stereocenters. The van der Waals surface area contributed by atoms with Crippen molar-refractivity contribution >= 4 is 61.4 Å². The molecule has 3 aliphatic rings. The number of fused-ring (bicyclic) bond motifs is 14. The van der Waals surface area contributed by atoms with E-state index >= 15 is 0 Å². The summed E-state index contributed by atoms with van der Waals surface area (Å²) in [5, 5.41) is 5.02. The van der Waals surface area contributed by atoms with Gasteiger partial charge < -0.3 is 9.47 Å². The van der Waals surface area contributed by atoms with Crippen LogP contribution in [-0.2, 0) is 10.8 Å². The second-order valence-corrected chi connectivity index (χ2v) is 19.4. The van der Waals surface area contributed by atoms with E-state index < -0.39 is 5.41 Å². The summed E-state index contributed by atoms with van der Waals surface area (Å²) in [4.78, 5) is 5.20. The van der Waals surface area contributed by atoms with Crippen LogP contribution in [0.5, 0.6) is 0 Å². The standard InChI is InChI=1S/C62H42N2S/c1-61(2)47-24-9-7-22-45(47)60-51(61)28-17-31-55(60)64(40-34-35-43-42-21-8-13-30-53(42)63(56(43)38-40)39-18-4-3-5-19-39)54-37-36-44-41-20-6-10-25-48(41)62(52-29-16-23-46(54)59(44)52)49-26-11-14-32-57(49)65-58-33-15-12-27-50(58)62/h3-38H,1-2H3. The number of aromatic nitrogens is 1. The van der Waals surface area contributed by atoms with Gasteiger partial charge in [-0.15, -0.1) is 0 Å². The molecule has 2 aliphatic carbocycles. The van der Waals surface area contributed by atoms with Gasteiger partial charge in [-0.3, -0.25) is 0 Å². The molecular formula is C62H42N2S. The Morgan fingerprint density at radius 2 is 1.00 bits per heavy atom. The monoisotopic (exact) mass is 846 g/mol. The minimum Gasteiger partial charge on any atom is -0.309 e. The minimum absolute atomic E-state index is 0.160. The van der Waals surface area contributed by atoms with Gasteiger partial charge in [0.15, 0.2) is 0 Å². The fraction of sp³-hybridized carbons (Fsp3) is 0.0645. The van der Waals surface area contributed by atoms with E-state index in [9.17, 15) is 0 Å². The third kappa shape index (κ3) is 4.86. The minimum atomic E-state index is -0.516. The van der Waals surface area contributed by atoms with Crippen molar-refractivity contribution in [1.29, 1.82) is 0 Å². The van der Waals surface area contributed by atoms with E-state index in [1.165, 1.54) is 104 Å². The highest BCUT2D eigenvalue weighted by atomic mass is 32.2. The molecule has 0 amide bonds. The largest absolute Gasteiger partial charge is 0.309 e. The lowest BCUT2D eigenvalue weighted by molar-refractivity contribution is 0.660. The molecule has 0 N–H and O–H groups in total. The zero-order chi connectivity index (χ0) is 43.0. The molecule has 306 valence electrons. The average molecular weight is 847 g/mol. The molecule has 0 bridgehead atoms. The van der Waals surface area contributed by atoms with Crippen LogP contribution in [0.3, 0.4) is 0 Å². The Labute approximate surface area is 383 Å². The zero-order valence-electron chi connectivity index (χ0n) is 36.1. The van der Waals surface area contributed by atoms with Crippen molar-refractivity contribution in [3.8, 4) is 27.9 Å². The molecule has 10 aromatic carbocycles. The van der Waals surface area contributed by atoms with Gasteiger partial charge >= 0.3 is 0 Å². The lowest BCUT2D eigenvalue weighted by Gasteiger charge is -2.46. The molecule has 1 aliphatic heterocycles. The van der Waals surface area contributed by atoms with Crippen LogP contribution in [0.2, 0.25) is 0 Å². The van der Waals surface area contributed by atoms with Crippen molar-refractivity contribution in [2.24, 2.45) is 0 Å². The molecule has 0 radical (unpaired) electrons. The second kappa shape index (κ2) is 13.5. The van der Waals surface area contributed by atoms with Crippen LogP contribution in [0, 0.1) is 0 Å². The maximum absolute atomic E-state index is 2.58. The van der Waals surface area contributed by atoms with Gasteiger partial charge in [0.1, 0.15) is 0 Å². The van der Waals surface area contributed by atoms with Gasteiger partial charge in [-0.05, 0) is 110 Å². The predicted molar refractivity (Wildman–Crippen MR) is 272 cm³/mol. The smallest absolute Gasteiger partial charge is 0.0735 e. The summed E-state index contributed by atoms with van der Waals surface area (Å²) >= 11 is 1.90. The Bertz CT molecular complexity index is 3750. The normalized spacial score (nSPS) is 14.5. The van der Waals surface area contributed by atoms with Gasteiger partial charge in [0.25, 0.3) is 0 Å². The summed E-state index contributed by atoms with van der Waals surface area (Å²) < 4.78 is 2.44. The Balaban J connectivity index is 1.12. The van der Waals surface area contributed by atoms with Crippen LogP contribution < -0.4 is 4.90 Å². The maximum Gasteiger partial charge on any atom is 0.0735 e. The van der Waals surface area contributed by atoms with E-state index in [2.05, 4.69) is 242 Å². The van der Waals surface area contributed by atoms with Crippen LogP contribution >= 0.6 is 11.8 Å². The fourth-order valence-electron chi connectivity index (χ4n) is 12.2. The Hall–Kier alpha value is -7.59. The van der Waals surface area contributed by atoms with Crippen molar-refractivity contribution in [2.45, 2.75) is 34.5 Å². The number of hydrogen-bond donors (Lipinski definition) is 0. The number of hydrogen-bond acceptors (Lipinski definition) is 2. The van der Waals surface area contributed by atoms with Crippen LogP contribution in [0.1, 0.15) is 47.2 Å². The third-order valence-electron chi connectivity index (χ3n) is 14.8. The van der Waals surface area contributed by atoms with E-state index in [0.29, 0.717) is 0 Å². The first kappa shape index (κ1) is 36.8. The Morgan fingerprint density at radius 3 is 1.80 bits per heavy atom. The Morgan fingerprint density at radius 1 is 0.400 bits per heavy atom. The molecule has 0 saturated heterocycles. The molecule has 0 saturated carbocycles. The first-order chi connectivity index (χ1) is 32.0. The quantitative estimate of drug-likeness (QED) is 0.174. The third-order valence-corrected chi connectivity index (χ3v) is 16.0. The molecule has 2 nitrogen and oxygen atoms in total. The van der Waals surface area contributed by atoms with Crippen LogP contribution in [0.25, 0.3) is 60.5 Å². The summed E-state index contributed by atoms with van der Waals surface area (Å²) in [6, 6.07) is 82.2. The van der Waals surface area contributed by atoms with E-state index in [0.717, 1.165) is 17.1 Å². The van der Waals surface area contributed by atoms with E-state index in [-0.39, 0.29) is 5.41 Å². The molecule has 1 spiro atoms. The van der Waals surface area contributed by atoms with Crippen LogP contribution in [0.15, 0.2) is 228 Å². The first-order valence-corrected chi connectivity index (χ1v) is 23.5. The predicted octanol–water partition coefficient (Wildman–Crippen LogP) is 16.5. The number of para-hydroxylation sites is 2. The number of nitrogens with zero attached hydrogens (tertiary/aromatic N) is 2.